The molecule has 0 heterocycles. The van der Waals surface area contributed by atoms with Crippen molar-refractivity contribution in [2.45, 2.75) is 60.2 Å². The zero-order valence-corrected chi connectivity index (χ0v) is 20.0. The number of amides is 1. The van der Waals surface area contributed by atoms with E-state index < -0.39 is 0 Å². The molecule has 0 fully saturated rings. The highest BCUT2D eigenvalue weighted by Crippen LogP contribution is 2.28. The molecule has 0 aliphatic rings. The molecule has 0 bridgehead atoms. The van der Waals surface area contributed by atoms with E-state index in [1.54, 1.807) is 11.8 Å². The van der Waals surface area contributed by atoms with E-state index in [1.165, 1.54) is 0 Å². The predicted octanol–water partition coefficient (Wildman–Crippen LogP) is 6.08. The highest BCUT2D eigenvalue weighted by molar-refractivity contribution is 5.73. The smallest absolute Gasteiger partial charge is 0.410 e. The lowest BCUT2D eigenvalue weighted by molar-refractivity contribution is -0.152. The van der Waals surface area contributed by atoms with Gasteiger partial charge in [0.05, 0.1) is 12.5 Å². The normalized spacial score (nSPS) is 13.0. The number of rotatable bonds is 11. The Morgan fingerprint density at radius 2 is 1.38 bits per heavy atom. The van der Waals surface area contributed by atoms with Gasteiger partial charge in [0.1, 0.15) is 6.61 Å². The Morgan fingerprint density at radius 1 is 0.812 bits per heavy atom. The molecule has 0 aliphatic carbocycles. The SMILES string of the molecule is CCOC(=O)N(Cc1ccccc1)C(CC(C(=O)OCc1ccccc1)C(C)C)C(C)C. The van der Waals surface area contributed by atoms with Crippen LogP contribution >= 0.6 is 0 Å². The Balaban J connectivity index is 2.20. The first-order chi connectivity index (χ1) is 15.3. The molecule has 5 heteroatoms. The molecule has 2 unspecified atom stereocenters. The van der Waals surface area contributed by atoms with Crippen LogP contribution in [-0.2, 0) is 27.4 Å². The number of carbonyl (C=O) groups is 2. The van der Waals surface area contributed by atoms with Crippen molar-refractivity contribution >= 4 is 12.1 Å². The quantitative estimate of drug-likeness (QED) is 0.398. The highest BCUT2D eigenvalue weighted by Gasteiger charge is 2.34. The second-order valence-electron chi connectivity index (χ2n) is 8.80. The average molecular weight is 440 g/mol. The number of carbonyl (C=O) groups excluding carboxylic acids is 2. The Kier molecular flexibility index (Phi) is 10.3. The van der Waals surface area contributed by atoms with Crippen LogP contribution in [0, 0.1) is 17.8 Å². The summed E-state index contributed by atoms with van der Waals surface area (Å²) in [5, 5.41) is 0. The molecular weight excluding hydrogens is 402 g/mol. The first kappa shape index (κ1) is 25.4. The van der Waals surface area contributed by atoms with Crippen LogP contribution in [0.25, 0.3) is 0 Å². The molecule has 2 rings (SSSR count). The van der Waals surface area contributed by atoms with E-state index in [2.05, 4.69) is 13.8 Å². The van der Waals surface area contributed by atoms with Crippen LogP contribution in [0.15, 0.2) is 60.7 Å². The molecule has 174 valence electrons. The zero-order chi connectivity index (χ0) is 23.5. The van der Waals surface area contributed by atoms with Gasteiger partial charge in [-0.05, 0) is 36.3 Å². The molecule has 2 aromatic carbocycles. The Morgan fingerprint density at radius 3 is 1.88 bits per heavy atom. The van der Waals surface area contributed by atoms with Gasteiger partial charge < -0.3 is 14.4 Å². The van der Waals surface area contributed by atoms with E-state index in [0.717, 1.165) is 11.1 Å². The van der Waals surface area contributed by atoms with Crippen molar-refractivity contribution in [3.8, 4) is 0 Å². The molecule has 0 spiro atoms. The molecule has 1 amide bonds. The Bertz CT molecular complexity index is 820. The van der Waals surface area contributed by atoms with Crippen LogP contribution in [0.4, 0.5) is 4.79 Å². The van der Waals surface area contributed by atoms with Crippen molar-refractivity contribution in [2.75, 3.05) is 6.61 Å². The minimum Gasteiger partial charge on any atom is -0.461 e. The minimum atomic E-state index is -0.352. The lowest BCUT2D eigenvalue weighted by atomic mass is 9.84. The van der Waals surface area contributed by atoms with Crippen molar-refractivity contribution in [3.63, 3.8) is 0 Å². The number of hydrogen-bond acceptors (Lipinski definition) is 4. The summed E-state index contributed by atoms with van der Waals surface area (Å²) < 4.78 is 11.1. The van der Waals surface area contributed by atoms with Gasteiger partial charge in [0.2, 0.25) is 0 Å². The maximum absolute atomic E-state index is 13.0. The van der Waals surface area contributed by atoms with E-state index in [0.29, 0.717) is 19.6 Å². The van der Waals surface area contributed by atoms with Crippen LogP contribution in [-0.4, -0.2) is 29.6 Å². The second-order valence-corrected chi connectivity index (χ2v) is 8.80. The standard InChI is InChI=1S/C27H37NO4/c1-6-31-27(30)28(18-22-13-9-7-10-14-22)25(21(4)5)17-24(20(2)3)26(29)32-19-23-15-11-8-12-16-23/h7-16,20-21,24-25H,6,17-19H2,1-5H3. The number of hydrogen-bond donors (Lipinski definition) is 0. The van der Waals surface area contributed by atoms with E-state index >= 15 is 0 Å². The number of ether oxygens (including phenoxy) is 2. The summed E-state index contributed by atoms with van der Waals surface area (Å²) in [5.74, 6) is -0.316. The molecular formula is C27H37NO4. The third kappa shape index (κ3) is 7.70. The van der Waals surface area contributed by atoms with Crippen molar-refractivity contribution in [1.29, 1.82) is 0 Å². The van der Waals surface area contributed by atoms with E-state index in [4.69, 9.17) is 9.47 Å². The average Bonchev–Trinajstić information content (AvgIpc) is 2.78. The van der Waals surface area contributed by atoms with Crippen LogP contribution in [0.1, 0.15) is 52.2 Å². The molecule has 5 nitrogen and oxygen atoms in total. The van der Waals surface area contributed by atoms with Gasteiger partial charge in [0, 0.05) is 12.6 Å². The van der Waals surface area contributed by atoms with Gasteiger partial charge in [-0.15, -0.1) is 0 Å². The topological polar surface area (TPSA) is 55.8 Å². The van der Waals surface area contributed by atoms with Crippen LogP contribution in [0.3, 0.4) is 0 Å². The van der Waals surface area contributed by atoms with Crippen LogP contribution in [0.2, 0.25) is 0 Å². The molecule has 2 aromatic rings. The summed E-state index contributed by atoms with van der Waals surface area (Å²) >= 11 is 0. The highest BCUT2D eigenvalue weighted by atomic mass is 16.6. The molecule has 2 atom stereocenters. The molecule has 0 radical (unpaired) electrons. The van der Waals surface area contributed by atoms with Gasteiger partial charge in [0.15, 0.2) is 0 Å². The van der Waals surface area contributed by atoms with Crippen LogP contribution < -0.4 is 0 Å². The summed E-state index contributed by atoms with van der Waals surface area (Å²) in [5.41, 5.74) is 1.99. The third-order valence-electron chi connectivity index (χ3n) is 5.69. The van der Waals surface area contributed by atoms with E-state index in [-0.39, 0.29) is 42.5 Å². The second kappa shape index (κ2) is 12.9. The monoisotopic (exact) mass is 439 g/mol. The fraction of sp³-hybridized carbons (Fsp3) is 0.481. The van der Waals surface area contributed by atoms with Crippen molar-refractivity contribution in [2.24, 2.45) is 17.8 Å². The Hall–Kier alpha value is -2.82. The third-order valence-corrected chi connectivity index (χ3v) is 5.69. The van der Waals surface area contributed by atoms with Gasteiger partial charge in [0.25, 0.3) is 0 Å². The summed E-state index contributed by atoms with van der Waals surface area (Å²) in [7, 11) is 0. The van der Waals surface area contributed by atoms with Crippen molar-refractivity contribution in [1.82, 2.24) is 4.90 Å². The van der Waals surface area contributed by atoms with Crippen molar-refractivity contribution in [3.05, 3.63) is 71.8 Å². The molecule has 0 aromatic heterocycles. The maximum atomic E-state index is 13.0. The number of nitrogens with zero attached hydrogens (tertiary/aromatic N) is 1. The molecule has 0 saturated heterocycles. The first-order valence-electron chi connectivity index (χ1n) is 11.5. The summed E-state index contributed by atoms with van der Waals surface area (Å²) in [6.45, 7) is 11.0. The fourth-order valence-electron chi connectivity index (χ4n) is 3.80. The van der Waals surface area contributed by atoms with Gasteiger partial charge in [-0.2, -0.15) is 0 Å². The lowest BCUT2D eigenvalue weighted by Gasteiger charge is -2.36. The summed E-state index contributed by atoms with van der Waals surface area (Å²) in [4.78, 5) is 27.7. The minimum absolute atomic E-state index is 0.0836. The number of benzene rings is 2. The van der Waals surface area contributed by atoms with E-state index in [9.17, 15) is 9.59 Å². The molecule has 32 heavy (non-hydrogen) atoms. The van der Waals surface area contributed by atoms with Gasteiger partial charge >= 0.3 is 12.1 Å². The predicted molar refractivity (Wildman–Crippen MR) is 127 cm³/mol. The van der Waals surface area contributed by atoms with Gasteiger partial charge in [-0.3, -0.25) is 4.79 Å². The van der Waals surface area contributed by atoms with E-state index in [1.807, 2.05) is 74.5 Å². The van der Waals surface area contributed by atoms with Crippen molar-refractivity contribution < 1.29 is 19.1 Å². The molecule has 0 N–H and O–H groups in total. The molecule has 0 saturated carbocycles. The molecule has 0 aliphatic heterocycles. The summed E-state index contributed by atoms with van der Waals surface area (Å²) in [6.07, 6.45) is 0.171. The Labute approximate surface area is 192 Å². The maximum Gasteiger partial charge on any atom is 0.410 e. The zero-order valence-electron chi connectivity index (χ0n) is 20.0. The first-order valence-corrected chi connectivity index (χ1v) is 11.5. The van der Waals surface area contributed by atoms with Gasteiger partial charge in [-0.1, -0.05) is 88.4 Å². The largest absolute Gasteiger partial charge is 0.461 e. The van der Waals surface area contributed by atoms with Crippen LogP contribution in [0.5, 0.6) is 0 Å². The fourth-order valence-corrected chi connectivity index (χ4v) is 3.80. The summed E-state index contributed by atoms with van der Waals surface area (Å²) in [6, 6.07) is 19.4. The number of esters is 1. The lowest BCUT2D eigenvalue weighted by Crippen LogP contribution is -2.45. The van der Waals surface area contributed by atoms with Gasteiger partial charge in [-0.25, -0.2) is 4.79 Å².